The highest BCUT2D eigenvalue weighted by Gasteiger charge is 2.02. The summed E-state index contributed by atoms with van der Waals surface area (Å²) in [6.45, 7) is 0.608. The third kappa shape index (κ3) is 2.88. The van der Waals surface area contributed by atoms with Gasteiger partial charge >= 0.3 is 0 Å². The number of aromatic nitrogens is 3. The van der Waals surface area contributed by atoms with Crippen LogP contribution in [-0.4, -0.2) is 22.1 Å². The highest BCUT2D eigenvalue weighted by molar-refractivity contribution is 6.32. The van der Waals surface area contributed by atoms with Crippen molar-refractivity contribution in [3.63, 3.8) is 0 Å². The molecule has 1 aromatic carbocycles. The lowest BCUT2D eigenvalue weighted by atomic mass is 10.3. The normalized spacial score (nSPS) is 10.3. The van der Waals surface area contributed by atoms with Crippen molar-refractivity contribution in [2.75, 3.05) is 12.4 Å². The molecule has 6 heteroatoms. The van der Waals surface area contributed by atoms with Crippen LogP contribution in [-0.2, 0) is 13.6 Å². The van der Waals surface area contributed by atoms with E-state index in [1.165, 1.54) is 0 Å². The molecule has 0 atom stereocenters. The molecule has 0 unspecified atom stereocenters. The van der Waals surface area contributed by atoms with Gasteiger partial charge in [-0.3, -0.25) is 4.68 Å². The van der Waals surface area contributed by atoms with Crippen molar-refractivity contribution < 1.29 is 4.74 Å². The van der Waals surface area contributed by atoms with E-state index in [0.717, 1.165) is 11.4 Å². The largest absolute Gasteiger partial charge is 0.495 e. The van der Waals surface area contributed by atoms with Crippen molar-refractivity contribution in [2.24, 2.45) is 7.05 Å². The summed E-state index contributed by atoms with van der Waals surface area (Å²) < 4.78 is 6.75. The molecule has 90 valence electrons. The van der Waals surface area contributed by atoms with Gasteiger partial charge in [-0.2, -0.15) is 0 Å². The molecule has 5 nitrogen and oxygen atoms in total. The van der Waals surface area contributed by atoms with E-state index in [-0.39, 0.29) is 0 Å². The zero-order valence-corrected chi connectivity index (χ0v) is 10.4. The van der Waals surface area contributed by atoms with E-state index in [9.17, 15) is 0 Å². The number of benzene rings is 1. The summed E-state index contributed by atoms with van der Waals surface area (Å²) in [7, 11) is 3.43. The van der Waals surface area contributed by atoms with Crippen molar-refractivity contribution in [3.8, 4) is 5.75 Å². The van der Waals surface area contributed by atoms with Crippen LogP contribution in [0.25, 0.3) is 0 Å². The number of aryl methyl sites for hydroxylation is 1. The van der Waals surface area contributed by atoms with Gasteiger partial charge in [-0.25, -0.2) is 0 Å². The van der Waals surface area contributed by atoms with Crippen LogP contribution in [0.3, 0.4) is 0 Å². The Hall–Kier alpha value is -1.75. The minimum absolute atomic E-state index is 0.580. The number of hydrogen-bond donors (Lipinski definition) is 1. The third-order valence-electron chi connectivity index (χ3n) is 2.28. The lowest BCUT2D eigenvalue weighted by Gasteiger charge is -2.07. The summed E-state index contributed by atoms with van der Waals surface area (Å²) in [4.78, 5) is 0. The van der Waals surface area contributed by atoms with Gasteiger partial charge in [0, 0.05) is 18.9 Å². The molecule has 1 heterocycles. The average molecular weight is 253 g/mol. The Balaban J connectivity index is 2.02. The Morgan fingerprint density at radius 3 is 2.88 bits per heavy atom. The van der Waals surface area contributed by atoms with Gasteiger partial charge < -0.3 is 10.1 Å². The molecular weight excluding hydrogens is 240 g/mol. The average Bonchev–Trinajstić information content (AvgIpc) is 2.73. The molecular formula is C11H13ClN4O. The molecule has 0 radical (unpaired) electrons. The molecule has 1 N–H and O–H groups in total. The standard InChI is InChI=1S/C11H13ClN4O/c1-16-7-9(14-15-16)6-13-8-3-4-11(17-2)10(12)5-8/h3-5,7,13H,6H2,1-2H3. The van der Waals surface area contributed by atoms with E-state index in [1.54, 1.807) is 11.8 Å². The van der Waals surface area contributed by atoms with Crippen molar-refractivity contribution in [3.05, 3.63) is 35.1 Å². The number of ether oxygens (including phenoxy) is 1. The summed E-state index contributed by atoms with van der Waals surface area (Å²) in [6, 6.07) is 5.54. The maximum atomic E-state index is 6.02. The van der Waals surface area contributed by atoms with Crippen LogP contribution in [0.1, 0.15) is 5.69 Å². The Morgan fingerprint density at radius 1 is 1.47 bits per heavy atom. The van der Waals surface area contributed by atoms with E-state index >= 15 is 0 Å². The van der Waals surface area contributed by atoms with E-state index in [0.29, 0.717) is 17.3 Å². The number of rotatable bonds is 4. The van der Waals surface area contributed by atoms with Gasteiger partial charge in [-0.1, -0.05) is 16.8 Å². The summed E-state index contributed by atoms with van der Waals surface area (Å²) >= 11 is 6.02. The first kappa shape index (κ1) is 11.7. The molecule has 2 aromatic rings. The van der Waals surface area contributed by atoms with E-state index in [2.05, 4.69) is 15.6 Å². The summed E-state index contributed by atoms with van der Waals surface area (Å²) in [5.74, 6) is 0.664. The Labute approximate surface area is 104 Å². The number of anilines is 1. The molecule has 2 rings (SSSR count). The first-order chi connectivity index (χ1) is 8.19. The first-order valence-corrected chi connectivity index (χ1v) is 5.49. The van der Waals surface area contributed by atoms with E-state index < -0.39 is 0 Å². The van der Waals surface area contributed by atoms with E-state index in [1.807, 2.05) is 31.4 Å². The smallest absolute Gasteiger partial charge is 0.137 e. The molecule has 0 aliphatic rings. The van der Waals surface area contributed by atoms with Crippen LogP contribution >= 0.6 is 11.6 Å². The number of methoxy groups -OCH3 is 1. The molecule has 17 heavy (non-hydrogen) atoms. The number of hydrogen-bond acceptors (Lipinski definition) is 4. The van der Waals surface area contributed by atoms with Crippen molar-refractivity contribution in [2.45, 2.75) is 6.54 Å². The predicted molar refractivity (Wildman–Crippen MR) is 66.3 cm³/mol. The second-order valence-electron chi connectivity index (χ2n) is 3.59. The minimum Gasteiger partial charge on any atom is -0.495 e. The summed E-state index contributed by atoms with van der Waals surface area (Å²) in [5, 5.41) is 11.6. The van der Waals surface area contributed by atoms with Gasteiger partial charge in [0.25, 0.3) is 0 Å². The van der Waals surface area contributed by atoms with Crippen LogP contribution in [0.2, 0.25) is 5.02 Å². The molecule has 0 spiro atoms. The molecule has 0 amide bonds. The second kappa shape index (κ2) is 5.05. The zero-order chi connectivity index (χ0) is 12.3. The van der Waals surface area contributed by atoms with Crippen molar-refractivity contribution in [1.29, 1.82) is 0 Å². The second-order valence-corrected chi connectivity index (χ2v) is 3.99. The maximum Gasteiger partial charge on any atom is 0.137 e. The topological polar surface area (TPSA) is 52.0 Å². The van der Waals surface area contributed by atoms with Gasteiger partial charge in [-0.15, -0.1) is 5.10 Å². The molecule has 0 aliphatic heterocycles. The molecule has 0 aliphatic carbocycles. The lowest BCUT2D eigenvalue weighted by molar-refractivity contribution is 0.415. The van der Waals surface area contributed by atoms with Gasteiger partial charge in [0.2, 0.25) is 0 Å². The van der Waals surface area contributed by atoms with Crippen LogP contribution in [0.5, 0.6) is 5.75 Å². The van der Waals surface area contributed by atoms with Gasteiger partial charge in [0.05, 0.1) is 18.7 Å². The number of halogens is 1. The lowest BCUT2D eigenvalue weighted by Crippen LogP contribution is -1.99. The van der Waals surface area contributed by atoms with Crippen LogP contribution in [0.15, 0.2) is 24.4 Å². The Kier molecular flexibility index (Phi) is 3.49. The fourth-order valence-corrected chi connectivity index (χ4v) is 1.70. The van der Waals surface area contributed by atoms with Crippen molar-refractivity contribution >= 4 is 17.3 Å². The maximum absolute atomic E-state index is 6.02. The SMILES string of the molecule is COc1ccc(NCc2cn(C)nn2)cc1Cl. The highest BCUT2D eigenvalue weighted by atomic mass is 35.5. The minimum atomic E-state index is 0.580. The van der Waals surface area contributed by atoms with Gasteiger partial charge in [-0.05, 0) is 18.2 Å². The number of nitrogens with zero attached hydrogens (tertiary/aromatic N) is 3. The molecule has 0 bridgehead atoms. The van der Waals surface area contributed by atoms with Crippen LogP contribution in [0.4, 0.5) is 5.69 Å². The number of nitrogens with one attached hydrogen (secondary N) is 1. The fraction of sp³-hybridized carbons (Fsp3) is 0.273. The molecule has 1 aromatic heterocycles. The highest BCUT2D eigenvalue weighted by Crippen LogP contribution is 2.27. The first-order valence-electron chi connectivity index (χ1n) is 5.11. The van der Waals surface area contributed by atoms with Crippen molar-refractivity contribution in [1.82, 2.24) is 15.0 Å². The summed E-state index contributed by atoms with van der Waals surface area (Å²) in [5.41, 5.74) is 1.79. The molecule has 0 saturated carbocycles. The monoisotopic (exact) mass is 252 g/mol. The predicted octanol–water partition coefficient (Wildman–Crippen LogP) is 2.09. The zero-order valence-electron chi connectivity index (χ0n) is 9.64. The Morgan fingerprint density at radius 2 is 2.29 bits per heavy atom. The van der Waals surface area contributed by atoms with E-state index in [4.69, 9.17) is 16.3 Å². The van der Waals surface area contributed by atoms with Crippen LogP contribution in [0, 0.1) is 0 Å². The molecule has 0 saturated heterocycles. The molecule has 0 fully saturated rings. The quantitative estimate of drug-likeness (QED) is 0.905. The summed E-state index contributed by atoms with van der Waals surface area (Å²) in [6.07, 6.45) is 1.86. The van der Waals surface area contributed by atoms with Gasteiger partial charge in [0.15, 0.2) is 0 Å². The van der Waals surface area contributed by atoms with Crippen LogP contribution < -0.4 is 10.1 Å². The fourth-order valence-electron chi connectivity index (χ4n) is 1.45. The Bertz CT molecular complexity index is 512. The third-order valence-corrected chi connectivity index (χ3v) is 2.57. The van der Waals surface area contributed by atoms with Gasteiger partial charge in [0.1, 0.15) is 11.4 Å².